The van der Waals surface area contributed by atoms with E-state index >= 15 is 0 Å². The lowest BCUT2D eigenvalue weighted by atomic mass is 10.4. The highest BCUT2D eigenvalue weighted by molar-refractivity contribution is 5.48. The molecule has 2 aromatic rings. The average Bonchev–Trinajstić information content (AvgIpc) is 2.51. The van der Waals surface area contributed by atoms with Crippen LogP contribution < -0.4 is 5.32 Å². The van der Waals surface area contributed by atoms with Gasteiger partial charge < -0.3 is 5.32 Å². The van der Waals surface area contributed by atoms with E-state index in [0.717, 1.165) is 17.9 Å². The van der Waals surface area contributed by atoms with E-state index in [9.17, 15) is 0 Å². The highest BCUT2D eigenvalue weighted by Crippen LogP contribution is 2.07. The summed E-state index contributed by atoms with van der Waals surface area (Å²) in [7, 11) is 0. The molecular formula is C8H10N4. The zero-order valence-corrected chi connectivity index (χ0v) is 6.86. The largest absolute Gasteiger partial charge is 0.384 e. The van der Waals surface area contributed by atoms with Gasteiger partial charge in [0.05, 0.1) is 11.9 Å². The number of pyridine rings is 1. The van der Waals surface area contributed by atoms with E-state index in [1.54, 1.807) is 10.8 Å². The van der Waals surface area contributed by atoms with Crippen molar-refractivity contribution in [2.75, 3.05) is 11.9 Å². The fourth-order valence-electron chi connectivity index (χ4n) is 1.13. The molecule has 0 amide bonds. The topological polar surface area (TPSA) is 42.2 Å². The molecule has 0 saturated carbocycles. The van der Waals surface area contributed by atoms with Gasteiger partial charge in [0.15, 0.2) is 5.65 Å². The molecule has 4 heteroatoms. The molecule has 0 aliphatic carbocycles. The lowest BCUT2D eigenvalue weighted by molar-refractivity contribution is 0.959. The van der Waals surface area contributed by atoms with Crippen molar-refractivity contribution >= 4 is 11.3 Å². The van der Waals surface area contributed by atoms with Crippen molar-refractivity contribution in [3.8, 4) is 0 Å². The van der Waals surface area contributed by atoms with Gasteiger partial charge in [-0.3, -0.25) is 0 Å². The van der Waals surface area contributed by atoms with Crippen molar-refractivity contribution in [2.45, 2.75) is 6.92 Å². The highest BCUT2D eigenvalue weighted by Gasteiger charge is 1.94. The molecule has 12 heavy (non-hydrogen) atoms. The van der Waals surface area contributed by atoms with Crippen LogP contribution in [0, 0.1) is 0 Å². The number of hydrogen-bond acceptors (Lipinski definition) is 3. The first kappa shape index (κ1) is 7.09. The van der Waals surface area contributed by atoms with Crippen molar-refractivity contribution in [2.24, 2.45) is 0 Å². The molecule has 0 unspecified atom stereocenters. The summed E-state index contributed by atoms with van der Waals surface area (Å²) in [4.78, 5) is 4.04. The average molecular weight is 162 g/mol. The zero-order valence-electron chi connectivity index (χ0n) is 6.86. The predicted molar refractivity (Wildman–Crippen MR) is 47.2 cm³/mol. The van der Waals surface area contributed by atoms with Crippen LogP contribution in [0.2, 0.25) is 0 Å². The third-order valence-corrected chi connectivity index (χ3v) is 1.66. The summed E-state index contributed by atoms with van der Waals surface area (Å²) in [5.41, 5.74) is 1.94. The van der Waals surface area contributed by atoms with Crippen LogP contribution >= 0.6 is 0 Å². The number of hydrogen-bond donors (Lipinski definition) is 1. The van der Waals surface area contributed by atoms with Crippen molar-refractivity contribution in [3.63, 3.8) is 0 Å². The van der Waals surface area contributed by atoms with Gasteiger partial charge in [-0.05, 0) is 19.1 Å². The summed E-state index contributed by atoms with van der Waals surface area (Å²) >= 11 is 0. The monoisotopic (exact) mass is 162 g/mol. The fraction of sp³-hybridized carbons (Fsp3) is 0.250. The molecule has 0 radical (unpaired) electrons. The number of aromatic nitrogens is 3. The molecule has 2 heterocycles. The Morgan fingerprint density at radius 2 is 2.42 bits per heavy atom. The van der Waals surface area contributed by atoms with Crippen LogP contribution in [0.3, 0.4) is 0 Å². The summed E-state index contributed by atoms with van der Waals surface area (Å²) in [6.07, 6.45) is 3.47. The molecule has 0 aromatic carbocycles. The number of rotatable bonds is 2. The van der Waals surface area contributed by atoms with Gasteiger partial charge in [-0.1, -0.05) is 0 Å². The summed E-state index contributed by atoms with van der Waals surface area (Å²) in [5.74, 6) is 0. The van der Waals surface area contributed by atoms with Gasteiger partial charge in [0.2, 0.25) is 0 Å². The second kappa shape index (κ2) is 2.81. The van der Waals surface area contributed by atoms with Gasteiger partial charge in [-0.15, -0.1) is 0 Å². The summed E-state index contributed by atoms with van der Waals surface area (Å²) in [5, 5.41) is 7.23. The molecule has 4 nitrogen and oxygen atoms in total. The Morgan fingerprint density at radius 1 is 1.50 bits per heavy atom. The van der Waals surface area contributed by atoms with Gasteiger partial charge in [0.1, 0.15) is 6.33 Å². The quantitative estimate of drug-likeness (QED) is 0.720. The van der Waals surface area contributed by atoms with Crippen LogP contribution in [-0.4, -0.2) is 21.1 Å². The Morgan fingerprint density at radius 3 is 3.25 bits per heavy atom. The maximum atomic E-state index is 4.04. The molecule has 0 atom stereocenters. The van der Waals surface area contributed by atoms with E-state index < -0.39 is 0 Å². The summed E-state index contributed by atoms with van der Waals surface area (Å²) < 4.78 is 1.75. The second-order valence-electron chi connectivity index (χ2n) is 2.51. The molecule has 0 spiro atoms. The molecule has 0 bridgehead atoms. The Labute approximate surface area is 70.2 Å². The third-order valence-electron chi connectivity index (χ3n) is 1.66. The van der Waals surface area contributed by atoms with Gasteiger partial charge >= 0.3 is 0 Å². The number of anilines is 1. The van der Waals surface area contributed by atoms with Gasteiger partial charge in [0, 0.05) is 6.54 Å². The Balaban J connectivity index is 2.46. The third kappa shape index (κ3) is 1.11. The van der Waals surface area contributed by atoms with Gasteiger partial charge in [-0.2, -0.15) is 5.10 Å². The van der Waals surface area contributed by atoms with Gasteiger partial charge in [-0.25, -0.2) is 9.50 Å². The molecular weight excluding hydrogens is 152 g/mol. The first-order valence-electron chi connectivity index (χ1n) is 3.93. The van der Waals surface area contributed by atoms with E-state index in [1.165, 1.54) is 0 Å². The minimum atomic E-state index is 0.872. The maximum absolute atomic E-state index is 4.04. The molecule has 0 saturated heterocycles. The maximum Gasteiger partial charge on any atom is 0.155 e. The molecule has 0 aliphatic rings. The Bertz CT molecular complexity index is 379. The van der Waals surface area contributed by atoms with Crippen molar-refractivity contribution < 1.29 is 0 Å². The number of fused-ring (bicyclic) bond motifs is 1. The number of nitrogens with one attached hydrogen (secondary N) is 1. The van der Waals surface area contributed by atoms with Crippen LogP contribution in [0.1, 0.15) is 6.92 Å². The van der Waals surface area contributed by atoms with Crippen LogP contribution in [0.15, 0.2) is 24.7 Å². The standard InChI is InChI=1S/C8H10N4/c1-2-9-7-3-4-8-10-6-11-12(8)5-7/h3-6,9H,2H2,1H3. The van der Waals surface area contributed by atoms with Crippen LogP contribution in [0.25, 0.3) is 5.65 Å². The normalized spacial score (nSPS) is 10.4. The SMILES string of the molecule is CCNc1ccc2ncnn2c1. The van der Waals surface area contributed by atoms with E-state index in [-0.39, 0.29) is 0 Å². The molecule has 1 N–H and O–H groups in total. The van der Waals surface area contributed by atoms with Crippen LogP contribution in [-0.2, 0) is 0 Å². The number of nitrogens with zero attached hydrogens (tertiary/aromatic N) is 3. The molecule has 2 rings (SSSR count). The minimum absolute atomic E-state index is 0.872. The van der Waals surface area contributed by atoms with Crippen LogP contribution in [0.4, 0.5) is 5.69 Å². The smallest absolute Gasteiger partial charge is 0.155 e. The van der Waals surface area contributed by atoms with Crippen molar-refractivity contribution in [1.29, 1.82) is 0 Å². The highest BCUT2D eigenvalue weighted by atomic mass is 15.3. The molecule has 0 aliphatic heterocycles. The van der Waals surface area contributed by atoms with E-state index in [4.69, 9.17) is 0 Å². The van der Waals surface area contributed by atoms with Crippen molar-refractivity contribution in [1.82, 2.24) is 14.6 Å². The fourth-order valence-corrected chi connectivity index (χ4v) is 1.13. The molecule has 0 fully saturated rings. The molecule has 62 valence electrons. The first-order chi connectivity index (χ1) is 5.90. The summed E-state index contributed by atoms with van der Waals surface area (Å²) in [6, 6.07) is 3.93. The van der Waals surface area contributed by atoms with E-state index in [0.29, 0.717) is 0 Å². The second-order valence-corrected chi connectivity index (χ2v) is 2.51. The van der Waals surface area contributed by atoms with E-state index in [2.05, 4.69) is 22.3 Å². The Hall–Kier alpha value is -1.58. The Kier molecular flexibility index (Phi) is 1.66. The van der Waals surface area contributed by atoms with E-state index in [1.807, 2.05) is 18.3 Å². The zero-order chi connectivity index (χ0) is 8.39. The van der Waals surface area contributed by atoms with Crippen molar-refractivity contribution in [3.05, 3.63) is 24.7 Å². The molecule has 2 aromatic heterocycles. The van der Waals surface area contributed by atoms with Gasteiger partial charge in [0.25, 0.3) is 0 Å². The predicted octanol–water partition coefficient (Wildman–Crippen LogP) is 1.16. The van der Waals surface area contributed by atoms with Crippen LogP contribution in [0.5, 0.6) is 0 Å². The first-order valence-corrected chi connectivity index (χ1v) is 3.93. The lowest BCUT2D eigenvalue weighted by Crippen LogP contribution is -1.98. The lowest BCUT2D eigenvalue weighted by Gasteiger charge is -2.01. The minimum Gasteiger partial charge on any atom is -0.384 e. The summed E-state index contributed by atoms with van der Waals surface area (Å²) in [6.45, 7) is 2.98.